The second kappa shape index (κ2) is 5.43. The molecule has 6 heteroatoms. The number of thiophene rings is 1. The standard InChI is InChI=1S/C12H11ClN2OS.ClH/c13-12-9-6-8(17-10(9)3-4-14-12)7-15-5-1-2-11(15)16;/h3-4,6H,1-2,5,7H2;1H. The van der Waals surface area contributed by atoms with Crippen molar-refractivity contribution in [1.29, 1.82) is 0 Å². The fourth-order valence-corrected chi connectivity index (χ4v) is 3.46. The predicted molar refractivity (Wildman–Crippen MR) is 76.5 cm³/mol. The fraction of sp³-hybridized carbons (Fsp3) is 0.333. The minimum atomic E-state index is 0. The number of rotatable bonds is 2. The number of hydrogen-bond donors (Lipinski definition) is 0. The normalized spacial score (nSPS) is 15.2. The summed E-state index contributed by atoms with van der Waals surface area (Å²) in [7, 11) is 0. The number of carbonyl (C=O) groups is 1. The van der Waals surface area contributed by atoms with Crippen LogP contribution in [0.5, 0.6) is 0 Å². The molecule has 96 valence electrons. The summed E-state index contributed by atoms with van der Waals surface area (Å²) in [4.78, 5) is 18.7. The number of halogens is 2. The van der Waals surface area contributed by atoms with Gasteiger partial charge < -0.3 is 4.90 Å². The van der Waals surface area contributed by atoms with Crippen LogP contribution >= 0.6 is 35.3 Å². The van der Waals surface area contributed by atoms with Gasteiger partial charge in [0.1, 0.15) is 5.15 Å². The zero-order valence-electron chi connectivity index (χ0n) is 9.56. The van der Waals surface area contributed by atoms with Gasteiger partial charge in [-0.25, -0.2) is 4.98 Å². The van der Waals surface area contributed by atoms with E-state index in [9.17, 15) is 4.79 Å². The van der Waals surface area contributed by atoms with Crippen LogP contribution in [0.1, 0.15) is 17.7 Å². The van der Waals surface area contributed by atoms with Crippen molar-refractivity contribution in [2.24, 2.45) is 0 Å². The van der Waals surface area contributed by atoms with Crippen LogP contribution in [0.4, 0.5) is 0 Å². The van der Waals surface area contributed by atoms with Crippen molar-refractivity contribution in [3.8, 4) is 0 Å². The molecular formula is C12H12Cl2N2OS. The van der Waals surface area contributed by atoms with Gasteiger partial charge in [0.25, 0.3) is 0 Å². The molecule has 2 aromatic rings. The molecule has 18 heavy (non-hydrogen) atoms. The third-order valence-electron chi connectivity index (χ3n) is 2.97. The second-order valence-electron chi connectivity index (χ2n) is 4.15. The highest BCUT2D eigenvalue weighted by atomic mass is 35.5. The van der Waals surface area contributed by atoms with Crippen molar-refractivity contribution in [2.75, 3.05) is 6.54 Å². The van der Waals surface area contributed by atoms with Crippen molar-refractivity contribution in [3.05, 3.63) is 28.4 Å². The molecule has 3 nitrogen and oxygen atoms in total. The van der Waals surface area contributed by atoms with Crippen LogP contribution in [0.3, 0.4) is 0 Å². The SMILES string of the molecule is Cl.O=C1CCCN1Cc1cc2c(Cl)nccc2s1. The number of nitrogens with zero attached hydrogens (tertiary/aromatic N) is 2. The molecule has 0 aliphatic carbocycles. The quantitative estimate of drug-likeness (QED) is 0.796. The molecule has 1 saturated heterocycles. The van der Waals surface area contributed by atoms with E-state index in [1.807, 2.05) is 17.0 Å². The smallest absolute Gasteiger partial charge is 0.222 e. The third kappa shape index (κ3) is 2.46. The molecule has 1 aliphatic heterocycles. The number of amides is 1. The van der Waals surface area contributed by atoms with Gasteiger partial charge in [-0.05, 0) is 18.6 Å². The molecule has 3 rings (SSSR count). The summed E-state index contributed by atoms with van der Waals surface area (Å²) >= 11 is 7.71. The number of fused-ring (bicyclic) bond motifs is 1. The average Bonchev–Trinajstić information content (AvgIpc) is 2.87. The molecule has 1 amide bonds. The fourth-order valence-electron chi connectivity index (χ4n) is 2.12. The lowest BCUT2D eigenvalue weighted by Crippen LogP contribution is -2.23. The summed E-state index contributed by atoms with van der Waals surface area (Å²) in [6.07, 6.45) is 3.38. The van der Waals surface area contributed by atoms with E-state index in [0.29, 0.717) is 18.1 Å². The molecule has 3 heterocycles. The van der Waals surface area contributed by atoms with Crippen molar-refractivity contribution >= 4 is 51.3 Å². The summed E-state index contributed by atoms with van der Waals surface area (Å²) in [5.74, 6) is 0.256. The van der Waals surface area contributed by atoms with Crippen molar-refractivity contribution in [2.45, 2.75) is 19.4 Å². The lowest BCUT2D eigenvalue weighted by Gasteiger charge is -2.13. The minimum absolute atomic E-state index is 0. The van der Waals surface area contributed by atoms with E-state index in [2.05, 4.69) is 4.98 Å². The Kier molecular flexibility index (Phi) is 4.10. The Bertz CT molecular complexity index is 584. The van der Waals surface area contributed by atoms with E-state index in [1.165, 1.54) is 4.88 Å². The lowest BCUT2D eigenvalue weighted by molar-refractivity contribution is -0.128. The Labute approximate surface area is 120 Å². The van der Waals surface area contributed by atoms with Crippen molar-refractivity contribution < 1.29 is 4.79 Å². The molecule has 0 aromatic carbocycles. The highest BCUT2D eigenvalue weighted by Gasteiger charge is 2.20. The Balaban J connectivity index is 0.00000120. The van der Waals surface area contributed by atoms with E-state index in [4.69, 9.17) is 11.6 Å². The third-order valence-corrected chi connectivity index (χ3v) is 4.35. The Hall–Kier alpha value is -0.840. The first kappa shape index (κ1) is 13.6. The monoisotopic (exact) mass is 302 g/mol. The molecule has 0 saturated carbocycles. The number of likely N-dealkylation sites (tertiary alicyclic amines) is 1. The van der Waals surface area contributed by atoms with E-state index >= 15 is 0 Å². The van der Waals surface area contributed by atoms with Crippen LogP contribution in [-0.2, 0) is 11.3 Å². The molecule has 0 radical (unpaired) electrons. The zero-order chi connectivity index (χ0) is 11.8. The van der Waals surface area contributed by atoms with Crippen LogP contribution in [0, 0.1) is 0 Å². The zero-order valence-corrected chi connectivity index (χ0v) is 11.9. The highest BCUT2D eigenvalue weighted by molar-refractivity contribution is 7.19. The molecule has 0 unspecified atom stereocenters. The maximum atomic E-state index is 11.6. The molecule has 0 atom stereocenters. The first-order valence-corrected chi connectivity index (χ1v) is 6.74. The highest BCUT2D eigenvalue weighted by Crippen LogP contribution is 2.30. The van der Waals surface area contributed by atoms with E-state index in [0.717, 1.165) is 23.1 Å². The molecule has 0 spiro atoms. The van der Waals surface area contributed by atoms with Crippen molar-refractivity contribution in [3.63, 3.8) is 0 Å². The van der Waals surface area contributed by atoms with Crippen LogP contribution < -0.4 is 0 Å². The average molecular weight is 303 g/mol. The minimum Gasteiger partial charge on any atom is -0.338 e. The molecule has 0 N–H and O–H groups in total. The van der Waals surface area contributed by atoms with Gasteiger partial charge in [0.05, 0.1) is 6.54 Å². The number of carbonyl (C=O) groups excluding carboxylic acids is 1. The van der Waals surface area contributed by atoms with Crippen molar-refractivity contribution in [1.82, 2.24) is 9.88 Å². The second-order valence-corrected chi connectivity index (χ2v) is 5.67. The maximum Gasteiger partial charge on any atom is 0.222 e. The van der Waals surface area contributed by atoms with Crippen LogP contribution in [0.15, 0.2) is 18.3 Å². The lowest BCUT2D eigenvalue weighted by atomic mass is 10.3. The van der Waals surface area contributed by atoms with Crippen LogP contribution in [-0.4, -0.2) is 22.3 Å². The summed E-state index contributed by atoms with van der Waals surface area (Å²) in [5.41, 5.74) is 0. The summed E-state index contributed by atoms with van der Waals surface area (Å²) < 4.78 is 1.13. The maximum absolute atomic E-state index is 11.6. The van der Waals surface area contributed by atoms with Gasteiger partial charge in [-0.1, -0.05) is 11.6 Å². The molecule has 2 aromatic heterocycles. The number of pyridine rings is 1. The summed E-state index contributed by atoms with van der Waals surface area (Å²) in [6.45, 7) is 1.58. The van der Waals surface area contributed by atoms with Gasteiger partial charge >= 0.3 is 0 Å². The van der Waals surface area contributed by atoms with Gasteiger partial charge in [0.15, 0.2) is 0 Å². The van der Waals surface area contributed by atoms with Gasteiger partial charge in [-0.3, -0.25) is 4.79 Å². The van der Waals surface area contributed by atoms with E-state index in [1.54, 1.807) is 17.5 Å². The van der Waals surface area contributed by atoms with Gasteiger partial charge in [-0.2, -0.15) is 0 Å². The van der Waals surface area contributed by atoms with E-state index in [-0.39, 0.29) is 18.3 Å². The van der Waals surface area contributed by atoms with Crippen LogP contribution in [0.2, 0.25) is 5.15 Å². The van der Waals surface area contributed by atoms with Crippen LogP contribution in [0.25, 0.3) is 10.1 Å². The van der Waals surface area contributed by atoms with Gasteiger partial charge in [0.2, 0.25) is 5.91 Å². The van der Waals surface area contributed by atoms with Gasteiger partial charge in [-0.15, -0.1) is 23.7 Å². The summed E-state index contributed by atoms with van der Waals surface area (Å²) in [5, 5.41) is 1.53. The van der Waals surface area contributed by atoms with Gasteiger partial charge in [0, 0.05) is 34.1 Å². The first-order chi connectivity index (χ1) is 8.24. The summed E-state index contributed by atoms with van der Waals surface area (Å²) in [6, 6.07) is 4.00. The molecule has 0 bridgehead atoms. The van der Waals surface area contributed by atoms with E-state index < -0.39 is 0 Å². The molecular weight excluding hydrogens is 291 g/mol. The molecule has 1 aliphatic rings. The Morgan fingerprint density at radius 1 is 1.50 bits per heavy atom. The number of aromatic nitrogens is 1. The predicted octanol–water partition coefficient (Wildman–Crippen LogP) is 3.49. The number of hydrogen-bond acceptors (Lipinski definition) is 3. The largest absolute Gasteiger partial charge is 0.338 e. The molecule has 1 fully saturated rings. The Morgan fingerprint density at radius 3 is 3.00 bits per heavy atom. The topological polar surface area (TPSA) is 33.2 Å². The first-order valence-electron chi connectivity index (χ1n) is 5.55. The Morgan fingerprint density at radius 2 is 2.33 bits per heavy atom.